The summed E-state index contributed by atoms with van der Waals surface area (Å²) >= 11 is 0. The van der Waals surface area contributed by atoms with Crippen molar-refractivity contribution in [3.05, 3.63) is 59.7 Å². The highest BCUT2D eigenvalue weighted by Gasteiger charge is 2.26. The molecule has 1 atom stereocenters. The molecule has 0 N–H and O–H groups in total. The lowest BCUT2D eigenvalue weighted by Gasteiger charge is -2.29. The third-order valence-corrected chi connectivity index (χ3v) is 5.06. The van der Waals surface area contributed by atoms with Crippen molar-refractivity contribution in [1.82, 2.24) is 4.90 Å². The molecule has 0 aliphatic carbocycles. The first kappa shape index (κ1) is 17.5. The molecule has 1 aliphatic heterocycles. The van der Waals surface area contributed by atoms with E-state index in [1.165, 1.54) is 5.56 Å². The number of rotatable bonds is 6. The number of likely N-dealkylation sites (N-methyl/N-ethyl adjacent to an activating group) is 1. The van der Waals surface area contributed by atoms with Crippen molar-refractivity contribution in [3.8, 4) is 5.75 Å². The molecule has 2 aromatic carbocycles. The second kappa shape index (κ2) is 7.70. The first-order valence-corrected chi connectivity index (χ1v) is 8.90. The minimum atomic E-state index is 0.155. The lowest BCUT2D eigenvalue weighted by atomic mass is 10.1. The standard InChI is InChI=1S/C21H26N2O2/c1-4-22(16(2)18-9-7-10-19(14-18)25-3)15-21(24)23-13-12-17-8-5-6-11-20(17)23/h5-11,14,16H,4,12-13,15H2,1-3H3/t16-/m0/s1. The van der Waals surface area contributed by atoms with Gasteiger partial charge in [0.15, 0.2) is 0 Å². The van der Waals surface area contributed by atoms with Crippen LogP contribution in [0.2, 0.25) is 0 Å². The molecule has 0 fully saturated rings. The van der Waals surface area contributed by atoms with Crippen LogP contribution in [-0.2, 0) is 11.2 Å². The van der Waals surface area contributed by atoms with Gasteiger partial charge in [0.05, 0.1) is 13.7 Å². The van der Waals surface area contributed by atoms with Crippen LogP contribution in [0.1, 0.15) is 31.0 Å². The number of ether oxygens (including phenoxy) is 1. The van der Waals surface area contributed by atoms with Crippen molar-refractivity contribution in [3.63, 3.8) is 0 Å². The predicted molar refractivity (Wildman–Crippen MR) is 101 cm³/mol. The van der Waals surface area contributed by atoms with Gasteiger partial charge in [0, 0.05) is 18.3 Å². The third-order valence-electron chi connectivity index (χ3n) is 5.06. The second-order valence-electron chi connectivity index (χ2n) is 6.44. The molecule has 0 saturated carbocycles. The Morgan fingerprint density at radius 2 is 2.04 bits per heavy atom. The van der Waals surface area contributed by atoms with Crippen LogP contribution >= 0.6 is 0 Å². The Hall–Kier alpha value is -2.33. The minimum Gasteiger partial charge on any atom is -0.497 e. The molecule has 1 amide bonds. The molecule has 4 nitrogen and oxygen atoms in total. The molecule has 1 aliphatic rings. The van der Waals surface area contributed by atoms with Gasteiger partial charge in [-0.1, -0.05) is 37.3 Å². The second-order valence-corrected chi connectivity index (χ2v) is 6.44. The molecule has 0 radical (unpaired) electrons. The molecule has 4 heteroatoms. The molecule has 132 valence electrons. The van der Waals surface area contributed by atoms with E-state index >= 15 is 0 Å². The lowest BCUT2D eigenvalue weighted by Crippen LogP contribution is -2.40. The summed E-state index contributed by atoms with van der Waals surface area (Å²) in [5, 5.41) is 0. The molecule has 3 rings (SSSR count). The number of carbonyl (C=O) groups excluding carboxylic acids is 1. The van der Waals surface area contributed by atoms with E-state index in [2.05, 4.69) is 30.9 Å². The number of amides is 1. The number of fused-ring (bicyclic) bond motifs is 1. The average Bonchev–Trinajstić information content (AvgIpc) is 3.09. The Morgan fingerprint density at radius 1 is 1.24 bits per heavy atom. The van der Waals surface area contributed by atoms with Crippen LogP contribution in [0.5, 0.6) is 5.75 Å². The molecular formula is C21H26N2O2. The van der Waals surface area contributed by atoms with E-state index in [0.717, 1.165) is 36.5 Å². The Bertz CT molecular complexity index is 744. The molecule has 0 unspecified atom stereocenters. The van der Waals surface area contributed by atoms with E-state index in [-0.39, 0.29) is 11.9 Å². The highest BCUT2D eigenvalue weighted by molar-refractivity contribution is 5.96. The Balaban J connectivity index is 1.72. The maximum atomic E-state index is 12.9. The summed E-state index contributed by atoms with van der Waals surface area (Å²) in [6.07, 6.45) is 0.944. The molecule has 25 heavy (non-hydrogen) atoms. The number of benzene rings is 2. The first-order chi connectivity index (χ1) is 12.1. The Labute approximate surface area is 150 Å². The van der Waals surface area contributed by atoms with E-state index < -0.39 is 0 Å². The summed E-state index contributed by atoms with van der Waals surface area (Å²) in [6.45, 7) is 6.26. The van der Waals surface area contributed by atoms with E-state index in [1.54, 1.807) is 7.11 Å². The van der Waals surface area contributed by atoms with Crippen molar-refractivity contribution in [2.24, 2.45) is 0 Å². The quantitative estimate of drug-likeness (QED) is 0.806. The van der Waals surface area contributed by atoms with Crippen LogP contribution < -0.4 is 9.64 Å². The lowest BCUT2D eigenvalue weighted by molar-refractivity contribution is -0.120. The van der Waals surface area contributed by atoms with Crippen LogP contribution in [0.25, 0.3) is 0 Å². The maximum Gasteiger partial charge on any atom is 0.241 e. The summed E-state index contributed by atoms with van der Waals surface area (Å²) in [4.78, 5) is 17.0. The van der Waals surface area contributed by atoms with Gasteiger partial charge < -0.3 is 9.64 Å². The van der Waals surface area contributed by atoms with E-state index in [0.29, 0.717) is 6.54 Å². The smallest absolute Gasteiger partial charge is 0.241 e. The van der Waals surface area contributed by atoms with Crippen LogP contribution in [0.3, 0.4) is 0 Å². The number of nitrogens with zero attached hydrogens (tertiary/aromatic N) is 2. The summed E-state index contributed by atoms with van der Waals surface area (Å²) in [7, 11) is 1.68. The highest BCUT2D eigenvalue weighted by Crippen LogP contribution is 2.29. The van der Waals surface area contributed by atoms with Crippen LogP contribution in [0.4, 0.5) is 5.69 Å². The number of carbonyl (C=O) groups is 1. The Kier molecular flexibility index (Phi) is 5.39. The van der Waals surface area contributed by atoms with Crippen molar-refractivity contribution in [2.75, 3.05) is 31.6 Å². The maximum absolute atomic E-state index is 12.9. The summed E-state index contributed by atoms with van der Waals surface area (Å²) < 4.78 is 5.33. The minimum absolute atomic E-state index is 0.155. The number of para-hydroxylation sites is 1. The van der Waals surface area contributed by atoms with Gasteiger partial charge in [-0.25, -0.2) is 0 Å². The highest BCUT2D eigenvalue weighted by atomic mass is 16.5. The zero-order chi connectivity index (χ0) is 17.8. The van der Waals surface area contributed by atoms with Crippen LogP contribution in [0, 0.1) is 0 Å². The van der Waals surface area contributed by atoms with Crippen LogP contribution in [-0.4, -0.2) is 37.6 Å². The fourth-order valence-electron chi connectivity index (χ4n) is 3.49. The van der Waals surface area contributed by atoms with E-state index in [9.17, 15) is 4.79 Å². The molecule has 0 spiro atoms. The molecule has 1 heterocycles. The number of hydrogen-bond donors (Lipinski definition) is 0. The van der Waals surface area contributed by atoms with Gasteiger partial charge in [0.1, 0.15) is 5.75 Å². The van der Waals surface area contributed by atoms with Gasteiger partial charge in [-0.3, -0.25) is 9.69 Å². The van der Waals surface area contributed by atoms with E-state index in [4.69, 9.17) is 4.74 Å². The third kappa shape index (κ3) is 3.69. The van der Waals surface area contributed by atoms with Gasteiger partial charge in [-0.2, -0.15) is 0 Å². The van der Waals surface area contributed by atoms with Gasteiger partial charge >= 0.3 is 0 Å². The largest absolute Gasteiger partial charge is 0.497 e. The predicted octanol–water partition coefficient (Wildman–Crippen LogP) is 3.67. The zero-order valence-corrected chi connectivity index (χ0v) is 15.2. The molecule has 0 aromatic heterocycles. The van der Waals surface area contributed by atoms with E-state index in [1.807, 2.05) is 41.3 Å². The molecular weight excluding hydrogens is 312 g/mol. The van der Waals surface area contributed by atoms with Crippen molar-refractivity contribution in [1.29, 1.82) is 0 Å². The van der Waals surface area contributed by atoms with Crippen LogP contribution in [0.15, 0.2) is 48.5 Å². The van der Waals surface area contributed by atoms with Gasteiger partial charge in [0.2, 0.25) is 5.91 Å². The monoisotopic (exact) mass is 338 g/mol. The zero-order valence-electron chi connectivity index (χ0n) is 15.2. The molecule has 2 aromatic rings. The first-order valence-electron chi connectivity index (χ1n) is 8.90. The average molecular weight is 338 g/mol. The Morgan fingerprint density at radius 3 is 2.80 bits per heavy atom. The number of methoxy groups -OCH3 is 1. The van der Waals surface area contributed by atoms with Crippen molar-refractivity contribution < 1.29 is 9.53 Å². The fourth-order valence-corrected chi connectivity index (χ4v) is 3.49. The number of hydrogen-bond acceptors (Lipinski definition) is 3. The van der Waals surface area contributed by atoms with Gasteiger partial charge in [-0.05, 0) is 49.2 Å². The summed E-state index contributed by atoms with van der Waals surface area (Å²) in [6, 6.07) is 16.4. The topological polar surface area (TPSA) is 32.8 Å². The fraction of sp³-hybridized carbons (Fsp3) is 0.381. The van der Waals surface area contributed by atoms with Crippen molar-refractivity contribution >= 4 is 11.6 Å². The molecule has 0 saturated heterocycles. The molecule has 0 bridgehead atoms. The van der Waals surface area contributed by atoms with Gasteiger partial charge in [-0.15, -0.1) is 0 Å². The SMILES string of the molecule is CCN(CC(=O)N1CCc2ccccc21)[C@@H](C)c1cccc(OC)c1. The summed E-state index contributed by atoms with van der Waals surface area (Å²) in [5.41, 5.74) is 3.49. The number of anilines is 1. The normalized spacial score (nSPS) is 14.5. The van der Waals surface area contributed by atoms with Gasteiger partial charge in [0.25, 0.3) is 0 Å². The summed E-state index contributed by atoms with van der Waals surface area (Å²) in [5.74, 6) is 1.02. The van der Waals surface area contributed by atoms with Crippen molar-refractivity contribution in [2.45, 2.75) is 26.3 Å².